The molecule has 2 saturated heterocycles. The first-order chi connectivity index (χ1) is 21.3. The maximum Gasteiger partial charge on any atom is 0.247 e. The van der Waals surface area contributed by atoms with E-state index in [-0.39, 0.29) is 29.3 Å². The molecule has 0 unspecified atom stereocenters. The summed E-state index contributed by atoms with van der Waals surface area (Å²) in [5.41, 5.74) is 3.19. The lowest BCUT2D eigenvalue weighted by Crippen LogP contribution is -2.43. The molecule has 0 aliphatic carbocycles. The van der Waals surface area contributed by atoms with Gasteiger partial charge in [0.05, 0.1) is 12.1 Å². The minimum Gasteiger partial charge on any atom is -0.352 e. The normalized spacial score (nSPS) is 18.0. The van der Waals surface area contributed by atoms with Gasteiger partial charge in [0, 0.05) is 47.9 Å². The van der Waals surface area contributed by atoms with Crippen LogP contribution in [0.1, 0.15) is 38.2 Å². The molecule has 2 aliphatic heterocycles. The number of likely N-dealkylation sites (tertiary alicyclic amines) is 2. The van der Waals surface area contributed by atoms with E-state index in [0.29, 0.717) is 53.8 Å². The van der Waals surface area contributed by atoms with E-state index in [0.717, 1.165) is 18.4 Å². The third-order valence-electron chi connectivity index (χ3n) is 8.33. The first kappa shape index (κ1) is 29.1. The molecule has 10 heteroatoms. The number of benzene rings is 3. The molecule has 0 saturated carbocycles. The summed E-state index contributed by atoms with van der Waals surface area (Å²) in [6.45, 7) is 2.53. The van der Waals surface area contributed by atoms with Gasteiger partial charge in [0.25, 0.3) is 0 Å². The standard InChI is InChI=1S/C34H33FN5O4/c1-21(41)39-17-5-9-28(39)33(43)36-24-13-11-23(12-14-24)32-31(35)26-20-25(15-16-27(26)38-32)37-34(44)29-10-6-18-40(29)30(42)19-22-7-3-2-4-8-22/h2-4,7-8,11-16,19-20,28-29,38H,5-6,9-10,17-18H2,1H3,(H,36,43)(H,37,44)/t28-,29-/m0/s1. The van der Waals surface area contributed by atoms with Gasteiger partial charge in [-0.2, -0.15) is 0 Å². The molecule has 9 nitrogen and oxygen atoms in total. The van der Waals surface area contributed by atoms with Gasteiger partial charge in [0.15, 0.2) is 5.82 Å². The number of nitrogens with zero attached hydrogens (tertiary/aromatic N) is 2. The summed E-state index contributed by atoms with van der Waals surface area (Å²) in [4.78, 5) is 57.0. The van der Waals surface area contributed by atoms with Gasteiger partial charge in [-0.25, -0.2) is 4.39 Å². The molecule has 2 atom stereocenters. The fraction of sp³-hybridized carbons (Fsp3) is 0.265. The summed E-state index contributed by atoms with van der Waals surface area (Å²) in [5, 5.41) is 6.04. The molecule has 225 valence electrons. The van der Waals surface area contributed by atoms with Crippen LogP contribution in [0.15, 0.2) is 72.8 Å². The van der Waals surface area contributed by atoms with Crippen LogP contribution in [0.3, 0.4) is 0 Å². The van der Waals surface area contributed by atoms with Crippen molar-refractivity contribution in [3.05, 3.63) is 90.6 Å². The van der Waals surface area contributed by atoms with Crippen LogP contribution in [-0.2, 0) is 19.2 Å². The molecule has 3 N–H and O–H groups in total. The summed E-state index contributed by atoms with van der Waals surface area (Å²) in [6, 6.07) is 20.0. The topological polar surface area (TPSA) is 115 Å². The Hall–Kier alpha value is -4.99. The zero-order chi connectivity index (χ0) is 30.8. The molecule has 4 aromatic rings. The maximum absolute atomic E-state index is 15.6. The van der Waals surface area contributed by atoms with E-state index in [4.69, 9.17) is 0 Å². The summed E-state index contributed by atoms with van der Waals surface area (Å²) in [5.74, 6) is -1.35. The number of H-pyrrole nitrogens is 1. The average molecular weight is 595 g/mol. The van der Waals surface area contributed by atoms with Crippen molar-refractivity contribution in [1.29, 1.82) is 0 Å². The van der Waals surface area contributed by atoms with E-state index in [1.165, 1.54) is 13.3 Å². The number of halogens is 1. The van der Waals surface area contributed by atoms with Gasteiger partial charge in [-0.3, -0.25) is 19.2 Å². The van der Waals surface area contributed by atoms with E-state index in [1.54, 1.807) is 52.3 Å². The van der Waals surface area contributed by atoms with Crippen LogP contribution in [0.25, 0.3) is 22.2 Å². The summed E-state index contributed by atoms with van der Waals surface area (Å²) < 4.78 is 15.6. The number of hydrogen-bond acceptors (Lipinski definition) is 4. The van der Waals surface area contributed by atoms with E-state index < -0.39 is 17.9 Å². The van der Waals surface area contributed by atoms with Gasteiger partial charge in [0.1, 0.15) is 12.1 Å². The predicted molar refractivity (Wildman–Crippen MR) is 166 cm³/mol. The minimum atomic E-state index is -0.608. The van der Waals surface area contributed by atoms with Crippen molar-refractivity contribution in [2.24, 2.45) is 0 Å². The number of rotatable bonds is 7. The van der Waals surface area contributed by atoms with Crippen molar-refractivity contribution >= 4 is 45.9 Å². The molecule has 6 rings (SSSR count). The Bertz CT molecular complexity index is 1720. The van der Waals surface area contributed by atoms with Gasteiger partial charge < -0.3 is 25.4 Å². The van der Waals surface area contributed by atoms with Crippen molar-refractivity contribution in [2.45, 2.75) is 44.7 Å². The quantitative estimate of drug-likeness (QED) is 0.276. The molecule has 2 fully saturated rings. The van der Waals surface area contributed by atoms with E-state index in [2.05, 4.69) is 15.6 Å². The Labute approximate surface area is 254 Å². The first-order valence-corrected chi connectivity index (χ1v) is 14.8. The number of aromatic amines is 1. The van der Waals surface area contributed by atoms with Gasteiger partial charge in [-0.1, -0.05) is 42.5 Å². The van der Waals surface area contributed by atoms with Crippen molar-refractivity contribution in [3.63, 3.8) is 0 Å². The largest absolute Gasteiger partial charge is 0.352 e. The van der Waals surface area contributed by atoms with Crippen LogP contribution >= 0.6 is 0 Å². The zero-order valence-corrected chi connectivity index (χ0v) is 24.3. The number of carbonyl (C=O) groups is 4. The Balaban J connectivity index is 1.13. The molecule has 0 spiro atoms. The van der Waals surface area contributed by atoms with Gasteiger partial charge >= 0.3 is 0 Å². The van der Waals surface area contributed by atoms with Crippen molar-refractivity contribution < 1.29 is 23.6 Å². The molecule has 2 aliphatic rings. The minimum absolute atomic E-state index is 0.122. The molecular weight excluding hydrogens is 561 g/mol. The highest BCUT2D eigenvalue weighted by molar-refractivity contribution is 6.01. The Morgan fingerprint density at radius 3 is 2.11 bits per heavy atom. The monoisotopic (exact) mass is 594 g/mol. The van der Waals surface area contributed by atoms with Crippen LogP contribution in [-0.4, -0.2) is 63.6 Å². The number of hydrogen-bond donors (Lipinski definition) is 3. The van der Waals surface area contributed by atoms with E-state index >= 15 is 4.39 Å². The van der Waals surface area contributed by atoms with Crippen LogP contribution < -0.4 is 10.6 Å². The predicted octanol–water partition coefficient (Wildman–Crippen LogP) is 5.11. The summed E-state index contributed by atoms with van der Waals surface area (Å²) >= 11 is 0. The second-order valence-electron chi connectivity index (χ2n) is 11.2. The molecule has 3 heterocycles. The molecule has 3 aromatic carbocycles. The van der Waals surface area contributed by atoms with Crippen LogP contribution in [0.4, 0.5) is 15.8 Å². The molecule has 44 heavy (non-hydrogen) atoms. The number of fused-ring (bicyclic) bond motifs is 1. The van der Waals surface area contributed by atoms with E-state index in [1.807, 2.05) is 30.3 Å². The van der Waals surface area contributed by atoms with Crippen molar-refractivity contribution in [3.8, 4) is 11.3 Å². The third-order valence-corrected chi connectivity index (χ3v) is 8.33. The lowest BCUT2D eigenvalue weighted by molar-refractivity contribution is -0.134. The molecule has 1 aromatic heterocycles. The molecule has 0 bridgehead atoms. The highest BCUT2D eigenvalue weighted by Crippen LogP contribution is 2.32. The van der Waals surface area contributed by atoms with Gasteiger partial charge in [-0.15, -0.1) is 0 Å². The second kappa shape index (κ2) is 12.3. The number of amides is 4. The fourth-order valence-corrected chi connectivity index (χ4v) is 6.10. The van der Waals surface area contributed by atoms with Gasteiger partial charge in [-0.05, 0) is 61.6 Å². The molecule has 4 amide bonds. The highest BCUT2D eigenvalue weighted by Gasteiger charge is 2.34. The smallest absolute Gasteiger partial charge is 0.247 e. The van der Waals surface area contributed by atoms with Crippen LogP contribution in [0, 0.1) is 12.2 Å². The van der Waals surface area contributed by atoms with Crippen LogP contribution in [0.5, 0.6) is 0 Å². The first-order valence-electron chi connectivity index (χ1n) is 14.8. The van der Waals surface area contributed by atoms with Crippen molar-refractivity contribution in [1.82, 2.24) is 14.8 Å². The Kier molecular flexibility index (Phi) is 8.15. The lowest BCUT2D eigenvalue weighted by atomic mass is 10.1. The average Bonchev–Trinajstić information content (AvgIpc) is 3.78. The number of carbonyl (C=O) groups excluding carboxylic acids is 4. The summed E-state index contributed by atoms with van der Waals surface area (Å²) in [7, 11) is 0. The SMILES string of the molecule is CC(=O)N1CCC[C@H]1C(=O)Nc1ccc(-c2[nH]c3ccc(NC(=O)[C@@H]4CCCN4C(=O)[CH]c4ccccc4)cc3c2F)cc1. The number of aromatic nitrogens is 1. The molecule has 1 radical (unpaired) electrons. The number of nitrogens with one attached hydrogen (secondary N) is 3. The number of anilines is 2. The zero-order valence-electron chi connectivity index (χ0n) is 24.3. The second-order valence-corrected chi connectivity index (χ2v) is 11.2. The highest BCUT2D eigenvalue weighted by atomic mass is 19.1. The van der Waals surface area contributed by atoms with E-state index in [9.17, 15) is 19.2 Å². The van der Waals surface area contributed by atoms with Crippen LogP contribution in [0.2, 0.25) is 0 Å². The Morgan fingerprint density at radius 1 is 0.818 bits per heavy atom. The van der Waals surface area contributed by atoms with Gasteiger partial charge in [0.2, 0.25) is 23.6 Å². The molecular formula is C34H33FN5O4. The maximum atomic E-state index is 15.6. The third kappa shape index (κ3) is 5.92. The van der Waals surface area contributed by atoms with Crippen molar-refractivity contribution in [2.75, 3.05) is 23.7 Å². The fourth-order valence-electron chi connectivity index (χ4n) is 6.10. The lowest BCUT2D eigenvalue weighted by Gasteiger charge is -2.24. The summed E-state index contributed by atoms with van der Waals surface area (Å²) in [6.07, 6.45) is 4.22. The Morgan fingerprint density at radius 2 is 1.43 bits per heavy atom.